The maximum atomic E-state index is 12.3. The Labute approximate surface area is 178 Å². The number of ether oxygens (including phenoxy) is 1. The number of aliphatic carboxylic acids is 1. The Hall–Kier alpha value is -2.14. The van der Waals surface area contributed by atoms with Crippen LogP contribution in [0.2, 0.25) is 0 Å². The molecule has 0 bridgehead atoms. The third-order valence-electron chi connectivity index (χ3n) is 6.19. The van der Waals surface area contributed by atoms with Crippen molar-refractivity contribution in [2.24, 2.45) is 5.92 Å². The Morgan fingerprint density at radius 1 is 1.26 bits per heavy atom. The van der Waals surface area contributed by atoms with E-state index in [1.165, 1.54) is 12.0 Å². The van der Waals surface area contributed by atoms with Gasteiger partial charge in [-0.1, -0.05) is 5.16 Å². The molecule has 0 radical (unpaired) electrons. The van der Waals surface area contributed by atoms with Gasteiger partial charge in [-0.3, -0.25) is 9.69 Å². The molecule has 3 heterocycles. The van der Waals surface area contributed by atoms with Gasteiger partial charge >= 0.3 is 12.1 Å². The molecule has 2 saturated heterocycles. The molecule has 1 aromatic heterocycles. The summed E-state index contributed by atoms with van der Waals surface area (Å²) in [4.78, 5) is 23.6. The van der Waals surface area contributed by atoms with E-state index >= 15 is 0 Å². The zero-order valence-corrected chi connectivity index (χ0v) is 17.6. The van der Waals surface area contributed by atoms with Gasteiger partial charge in [0, 0.05) is 24.7 Å². The van der Waals surface area contributed by atoms with Crippen LogP contribution in [0.4, 0.5) is 13.2 Å². The number of nitrogens with one attached hydrogen (secondary N) is 1. The summed E-state index contributed by atoms with van der Waals surface area (Å²) >= 11 is 0. The van der Waals surface area contributed by atoms with Crippen molar-refractivity contribution < 1.29 is 37.1 Å². The Kier molecular flexibility index (Phi) is 7.25. The first kappa shape index (κ1) is 23.5. The number of carbonyl (C=O) groups is 2. The summed E-state index contributed by atoms with van der Waals surface area (Å²) in [5.74, 6) is -1.23. The number of alkyl halides is 3. The topological polar surface area (TPSA) is 105 Å². The van der Waals surface area contributed by atoms with Crippen LogP contribution < -0.4 is 5.32 Å². The highest BCUT2D eigenvalue weighted by Gasteiger charge is 2.42. The average molecular weight is 447 g/mol. The number of carbonyl (C=O) groups excluding carboxylic acids is 1. The minimum Gasteiger partial charge on any atom is -0.475 e. The van der Waals surface area contributed by atoms with Crippen molar-refractivity contribution in [1.29, 1.82) is 0 Å². The average Bonchev–Trinajstić information content (AvgIpc) is 3.22. The van der Waals surface area contributed by atoms with Gasteiger partial charge in [-0.2, -0.15) is 13.2 Å². The van der Waals surface area contributed by atoms with E-state index in [1.54, 1.807) is 0 Å². The van der Waals surface area contributed by atoms with Crippen LogP contribution in [0.1, 0.15) is 49.1 Å². The standard InChI is InChI=1S/C18H27N3O3.C2HF3O2/c1-11-15(12(2)24-20-11)9-21-7-6-13-8-16(23-17(13)10-21)18(22)19-14-4-3-5-14;3-2(4,5)1(6)7/h13-14,16-17H,3-10H2,1-2H3,(H,19,22);(H,6,7)/t13-,16+,17+;/m0./s1. The molecule has 1 amide bonds. The van der Waals surface area contributed by atoms with E-state index in [4.69, 9.17) is 19.2 Å². The van der Waals surface area contributed by atoms with E-state index in [0.29, 0.717) is 12.0 Å². The maximum absolute atomic E-state index is 12.3. The highest BCUT2D eigenvalue weighted by atomic mass is 19.4. The number of nitrogens with zero attached hydrogens (tertiary/aromatic N) is 2. The second kappa shape index (κ2) is 9.56. The second-order valence-electron chi connectivity index (χ2n) is 8.42. The molecule has 11 heteroatoms. The lowest BCUT2D eigenvalue weighted by atomic mass is 9.90. The number of aryl methyl sites for hydroxylation is 2. The molecule has 31 heavy (non-hydrogen) atoms. The van der Waals surface area contributed by atoms with Crippen LogP contribution in [0.3, 0.4) is 0 Å². The molecular weight excluding hydrogens is 419 g/mol. The van der Waals surface area contributed by atoms with Gasteiger partial charge in [-0.25, -0.2) is 4.79 Å². The summed E-state index contributed by atoms with van der Waals surface area (Å²) < 4.78 is 43.1. The van der Waals surface area contributed by atoms with Gasteiger partial charge in [-0.15, -0.1) is 0 Å². The maximum Gasteiger partial charge on any atom is 0.490 e. The SMILES string of the molecule is Cc1noc(C)c1CN1CC[C@H]2C[C@H](C(=O)NC3CCC3)O[C@@H]2C1.O=C(O)C(F)(F)F. The molecule has 3 fully saturated rings. The Morgan fingerprint density at radius 3 is 2.45 bits per heavy atom. The van der Waals surface area contributed by atoms with Crippen molar-refractivity contribution in [2.45, 2.75) is 76.9 Å². The number of hydrogen-bond donors (Lipinski definition) is 2. The van der Waals surface area contributed by atoms with Crippen LogP contribution in [-0.2, 0) is 20.9 Å². The van der Waals surface area contributed by atoms with Crippen LogP contribution in [-0.4, -0.2) is 64.6 Å². The monoisotopic (exact) mass is 447 g/mol. The molecule has 0 unspecified atom stereocenters. The fourth-order valence-corrected chi connectivity index (χ4v) is 4.10. The highest BCUT2D eigenvalue weighted by Crippen LogP contribution is 2.34. The Morgan fingerprint density at radius 2 is 1.94 bits per heavy atom. The van der Waals surface area contributed by atoms with Gasteiger partial charge in [-0.05, 0) is 58.4 Å². The predicted molar refractivity (Wildman–Crippen MR) is 102 cm³/mol. The molecule has 3 atom stereocenters. The number of amides is 1. The summed E-state index contributed by atoms with van der Waals surface area (Å²) in [5, 5.41) is 14.3. The van der Waals surface area contributed by atoms with Gasteiger partial charge in [0.05, 0.1) is 11.8 Å². The zero-order chi connectivity index (χ0) is 22.8. The van der Waals surface area contributed by atoms with Gasteiger partial charge in [0.25, 0.3) is 0 Å². The van der Waals surface area contributed by atoms with Gasteiger partial charge in [0.2, 0.25) is 5.91 Å². The number of piperidine rings is 1. The molecule has 0 aromatic carbocycles. The molecule has 174 valence electrons. The van der Waals surface area contributed by atoms with Crippen molar-refractivity contribution >= 4 is 11.9 Å². The molecule has 3 aliphatic rings. The Bertz CT molecular complexity index is 774. The molecular formula is C20H28F3N3O5. The van der Waals surface area contributed by atoms with E-state index in [0.717, 1.165) is 56.8 Å². The third-order valence-corrected chi connectivity index (χ3v) is 6.19. The first-order chi connectivity index (χ1) is 14.5. The number of carboxylic acids is 1. The lowest BCUT2D eigenvalue weighted by Crippen LogP contribution is -2.45. The molecule has 0 spiro atoms. The molecule has 1 saturated carbocycles. The summed E-state index contributed by atoms with van der Waals surface area (Å²) in [6.45, 7) is 6.75. The van der Waals surface area contributed by atoms with Crippen LogP contribution in [0.25, 0.3) is 0 Å². The van der Waals surface area contributed by atoms with Crippen LogP contribution >= 0.6 is 0 Å². The first-order valence-electron chi connectivity index (χ1n) is 10.4. The van der Waals surface area contributed by atoms with Crippen LogP contribution in [0.5, 0.6) is 0 Å². The second-order valence-corrected chi connectivity index (χ2v) is 8.42. The van der Waals surface area contributed by atoms with Gasteiger partial charge < -0.3 is 19.7 Å². The van der Waals surface area contributed by atoms with Crippen molar-refractivity contribution in [3.63, 3.8) is 0 Å². The lowest BCUT2D eigenvalue weighted by molar-refractivity contribution is -0.192. The normalized spacial score (nSPS) is 26.4. The van der Waals surface area contributed by atoms with Crippen molar-refractivity contribution in [3.05, 3.63) is 17.0 Å². The number of hydrogen-bond acceptors (Lipinski definition) is 6. The van der Waals surface area contributed by atoms with E-state index < -0.39 is 12.1 Å². The fourth-order valence-electron chi connectivity index (χ4n) is 4.10. The van der Waals surface area contributed by atoms with Gasteiger partial charge in [0.1, 0.15) is 11.9 Å². The number of halogens is 3. The van der Waals surface area contributed by atoms with Crippen molar-refractivity contribution in [1.82, 2.24) is 15.4 Å². The summed E-state index contributed by atoms with van der Waals surface area (Å²) in [6, 6.07) is 0.389. The van der Waals surface area contributed by atoms with Crippen LogP contribution in [0.15, 0.2) is 4.52 Å². The fraction of sp³-hybridized carbons (Fsp3) is 0.750. The molecule has 4 rings (SSSR count). The first-order valence-corrected chi connectivity index (χ1v) is 10.4. The third kappa shape index (κ3) is 5.97. The van der Waals surface area contributed by atoms with E-state index in [1.807, 2.05) is 13.8 Å². The molecule has 1 aromatic rings. The predicted octanol–water partition coefficient (Wildman–Crippen LogP) is 2.57. The molecule has 2 aliphatic heterocycles. The van der Waals surface area contributed by atoms with E-state index in [9.17, 15) is 18.0 Å². The number of carboxylic acid groups (broad SMARTS) is 1. The number of fused-ring (bicyclic) bond motifs is 1. The van der Waals surface area contributed by atoms with Crippen LogP contribution in [0, 0.1) is 19.8 Å². The molecule has 8 nitrogen and oxygen atoms in total. The number of likely N-dealkylation sites (tertiary alicyclic amines) is 1. The summed E-state index contributed by atoms with van der Waals surface area (Å²) in [6.07, 6.45) is 0.297. The summed E-state index contributed by atoms with van der Waals surface area (Å²) in [7, 11) is 0. The van der Waals surface area contributed by atoms with E-state index in [-0.39, 0.29) is 18.1 Å². The Balaban J connectivity index is 0.000000339. The highest BCUT2D eigenvalue weighted by molar-refractivity contribution is 5.81. The summed E-state index contributed by atoms with van der Waals surface area (Å²) in [5.41, 5.74) is 2.16. The quantitative estimate of drug-likeness (QED) is 0.731. The molecule has 1 aliphatic carbocycles. The van der Waals surface area contributed by atoms with E-state index in [2.05, 4.69) is 15.4 Å². The van der Waals surface area contributed by atoms with Gasteiger partial charge in [0.15, 0.2) is 0 Å². The largest absolute Gasteiger partial charge is 0.490 e. The smallest absolute Gasteiger partial charge is 0.475 e. The minimum atomic E-state index is -5.08. The number of rotatable bonds is 4. The minimum absolute atomic E-state index is 0.103. The zero-order valence-electron chi connectivity index (χ0n) is 17.6. The lowest BCUT2D eigenvalue weighted by Gasteiger charge is -2.33. The molecule has 2 N–H and O–H groups in total. The number of aromatic nitrogens is 1. The van der Waals surface area contributed by atoms with Crippen molar-refractivity contribution in [3.8, 4) is 0 Å². The van der Waals surface area contributed by atoms with Crippen molar-refractivity contribution in [2.75, 3.05) is 13.1 Å².